The van der Waals surface area contributed by atoms with Crippen molar-refractivity contribution in [3.63, 3.8) is 0 Å². The van der Waals surface area contributed by atoms with Crippen LogP contribution in [-0.2, 0) is 0 Å². The average Bonchev–Trinajstić information content (AvgIpc) is 2.68. The van der Waals surface area contributed by atoms with Crippen LogP contribution in [0.4, 0.5) is 0 Å². The molecule has 1 aliphatic rings. The molecule has 2 aromatic heterocycles. The second-order valence-corrected chi connectivity index (χ2v) is 7.33. The third kappa shape index (κ3) is 3.14. The number of benzene rings is 1. The first-order valence-corrected chi connectivity index (χ1v) is 9.28. The highest BCUT2D eigenvalue weighted by Gasteiger charge is 2.26. The Morgan fingerprint density at radius 3 is 2.92 bits per heavy atom. The monoisotopic (exact) mass is 412 g/mol. The third-order valence-electron chi connectivity index (χ3n) is 4.72. The highest BCUT2D eigenvalue weighted by atomic mass is 79.9. The average molecular weight is 413 g/mol. The van der Waals surface area contributed by atoms with Crippen LogP contribution in [0.1, 0.15) is 29.2 Å². The van der Waals surface area contributed by atoms with Crippen molar-refractivity contribution in [2.45, 2.75) is 18.9 Å². The first kappa shape index (κ1) is 16.9. The van der Waals surface area contributed by atoms with Gasteiger partial charge in [0.2, 0.25) is 0 Å². The van der Waals surface area contributed by atoms with E-state index in [9.17, 15) is 9.59 Å². The van der Waals surface area contributed by atoms with Crippen molar-refractivity contribution in [1.82, 2.24) is 19.4 Å². The molecule has 0 aliphatic carbocycles. The molecular formula is C19H17BrN4O2. The van der Waals surface area contributed by atoms with E-state index in [1.54, 1.807) is 40.3 Å². The van der Waals surface area contributed by atoms with Crippen LogP contribution in [0.25, 0.3) is 10.9 Å². The fraction of sp³-hybridized carbons (Fsp3) is 0.263. The molecule has 0 spiro atoms. The van der Waals surface area contributed by atoms with Gasteiger partial charge in [-0.2, -0.15) is 0 Å². The zero-order valence-electron chi connectivity index (χ0n) is 14.0. The lowest BCUT2D eigenvalue weighted by molar-refractivity contribution is 0.0677. The van der Waals surface area contributed by atoms with Crippen LogP contribution in [0, 0.1) is 0 Å². The predicted octanol–water partition coefficient (Wildman–Crippen LogP) is 3.03. The minimum atomic E-state index is -0.0718. The molecule has 1 amide bonds. The molecule has 1 saturated heterocycles. The number of piperidine rings is 1. The van der Waals surface area contributed by atoms with Crippen molar-refractivity contribution < 1.29 is 4.79 Å². The van der Waals surface area contributed by atoms with Gasteiger partial charge in [0.05, 0.1) is 28.8 Å². The van der Waals surface area contributed by atoms with E-state index < -0.39 is 0 Å². The molecule has 1 aromatic carbocycles. The molecule has 132 valence electrons. The van der Waals surface area contributed by atoms with Crippen LogP contribution in [0.5, 0.6) is 0 Å². The topological polar surface area (TPSA) is 68.1 Å². The van der Waals surface area contributed by atoms with E-state index in [4.69, 9.17) is 0 Å². The minimum absolute atomic E-state index is 0.0565. The van der Waals surface area contributed by atoms with E-state index in [-0.39, 0.29) is 17.5 Å². The van der Waals surface area contributed by atoms with Crippen molar-refractivity contribution in [3.8, 4) is 0 Å². The number of carbonyl (C=O) groups is 1. The second kappa shape index (κ2) is 6.99. The van der Waals surface area contributed by atoms with Gasteiger partial charge in [0.1, 0.15) is 0 Å². The molecule has 0 bridgehead atoms. The van der Waals surface area contributed by atoms with Gasteiger partial charge in [-0.15, -0.1) is 0 Å². The summed E-state index contributed by atoms with van der Waals surface area (Å²) in [6.07, 6.45) is 6.51. The molecule has 6 nitrogen and oxygen atoms in total. The zero-order valence-corrected chi connectivity index (χ0v) is 15.6. The summed E-state index contributed by atoms with van der Waals surface area (Å²) in [7, 11) is 0. The molecule has 0 unspecified atom stereocenters. The fourth-order valence-corrected chi connectivity index (χ4v) is 3.79. The van der Waals surface area contributed by atoms with Crippen LogP contribution in [0.15, 0.2) is 58.3 Å². The Bertz CT molecular complexity index is 1030. The number of halogens is 1. The van der Waals surface area contributed by atoms with Crippen molar-refractivity contribution in [2.24, 2.45) is 0 Å². The van der Waals surface area contributed by atoms with E-state index in [0.717, 1.165) is 17.3 Å². The highest BCUT2D eigenvalue weighted by Crippen LogP contribution is 2.23. The quantitative estimate of drug-likeness (QED) is 0.648. The lowest BCUT2D eigenvalue weighted by atomic mass is 10.0. The van der Waals surface area contributed by atoms with Gasteiger partial charge in [0.25, 0.3) is 11.5 Å². The van der Waals surface area contributed by atoms with Gasteiger partial charge in [0.15, 0.2) is 0 Å². The number of carbonyl (C=O) groups excluding carboxylic acids is 1. The Balaban J connectivity index is 1.62. The van der Waals surface area contributed by atoms with Crippen LogP contribution < -0.4 is 5.56 Å². The number of hydrogen-bond acceptors (Lipinski definition) is 4. The number of pyridine rings is 1. The van der Waals surface area contributed by atoms with Crippen molar-refractivity contribution >= 4 is 32.7 Å². The van der Waals surface area contributed by atoms with Gasteiger partial charge in [-0.3, -0.25) is 19.1 Å². The van der Waals surface area contributed by atoms with Crippen molar-refractivity contribution in [1.29, 1.82) is 0 Å². The summed E-state index contributed by atoms with van der Waals surface area (Å²) >= 11 is 3.35. The van der Waals surface area contributed by atoms with E-state index >= 15 is 0 Å². The number of likely N-dealkylation sites (tertiary alicyclic amines) is 1. The predicted molar refractivity (Wildman–Crippen MR) is 102 cm³/mol. The summed E-state index contributed by atoms with van der Waals surface area (Å²) < 4.78 is 2.44. The number of aromatic nitrogens is 3. The van der Waals surface area contributed by atoms with Gasteiger partial charge in [0, 0.05) is 30.0 Å². The van der Waals surface area contributed by atoms with Gasteiger partial charge >= 0.3 is 0 Å². The standard InChI is InChI=1S/C19H17BrN4O2/c20-14-8-13(9-21-10-14)18(25)23-7-3-4-15(11-23)24-12-22-17-6-2-1-5-16(17)19(24)26/h1-2,5-6,8-10,12,15H,3-4,7,11H2/t15-/m0/s1. The molecule has 26 heavy (non-hydrogen) atoms. The molecule has 4 rings (SSSR count). The molecule has 0 N–H and O–H groups in total. The van der Waals surface area contributed by atoms with E-state index in [1.165, 1.54) is 0 Å². The van der Waals surface area contributed by atoms with Crippen molar-refractivity contribution in [3.05, 3.63) is 69.4 Å². The summed E-state index contributed by atoms with van der Waals surface area (Å²) in [5, 5.41) is 0.606. The Hall–Kier alpha value is -2.54. The van der Waals surface area contributed by atoms with E-state index in [0.29, 0.717) is 29.6 Å². The van der Waals surface area contributed by atoms with Gasteiger partial charge in [-0.1, -0.05) is 12.1 Å². The third-order valence-corrected chi connectivity index (χ3v) is 5.15. The number of fused-ring (bicyclic) bond motifs is 1. The van der Waals surface area contributed by atoms with Crippen LogP contribution in [-0.4, -0.2) is 38.4 Å². The Kier molecular flexibility index (Phi) is 4.55. The maximum Gasteiger partial charge on any atom is 0.261 e. The molecule has 7 heteroatoms. The molecule has 1 atom stereocenters. The summed E-state index contributed by atoms with van der Waals surface area (Å²) in [4.78, 5) is 35.9. The van der Waals surface area contributed by atoms with Gasteiger partial charge in [-0.25, -0.2) is 4.98 Å². The van der Waals surface area contributed by atoms with E-state index in [2.05, 4.69) is 25.9 Å². The first-order valence-electron chi connectivity index (χ1n) is 8.49. The Morgan fingerprint density at radius 1 is 1.23 bits per heavy atom. The normalized spacial score (nSPS) is 17.4. The van der Waals surface area contributed by atoms with Crippen LogP contribution in [0.2, 0.25) is 0 Å². The zero-order chi connectivity index (χ0) is 18.1. The van der Waals surface area contributed by atoms with Crippen LogP contribution >= 0.6 is 15.9 Å². The smallest absolute Gasteiger partial charge is 0.261 e. The summed E-state index contributed by atoms with van der Waals surface area (Å²) in [5.74, 6) is -0.0645. The molecular weight excluding hydrogens is 396 g/mol. The molecule has 1 fully saturated rings. The summed E-state index contributed by atoms with van der Waals surface area (Å²) in [6, 6.07) is 9.03. The maximum atomic E-state index is 12.8. The number of para-hydroxylation sites is 1. The highest BCUT2D eigenvalue weighted by molar-refractivity contribution is 9.10. The van der Waals surface area contributed by atoms with Crippen LogP contribution in [0.3, 0.4) is 0 Å². The lowest BCUT2D eigenvalue weighted by Gasteiger charge is -2.33. The number of amides is 1. The van der Waals surface area contributed by atoms with Gasteiger partial charge in [-0.05, 0) is 47.0 Å². The summed E-state index contributed by atoms with van der Waals surface area (Å²) in [5.41, 5.74) is 1.18. The molecule has 1 aliphatic heterocycles. The first-order chi connectivity index (χ1) is 12.6. The number of hydrogen-bond donors (Lipinski definition) is 0. The molecule has 3 aromatic rings. The Labute approximate surface area is 158 Å². The largest absolute Gasteiger partial charge is 0.337 e. The second-order valence-electron chi connectivity index (χ2n) is 6.41. The fourth-order valence-electron chi connectivity index (χ4n) is 3.42. The molecule has 3 heterocycles. The number of rotatable bonds is 2. The SMILES string of the molecule is O=C(c1cncc(Br)c1)N1CCC[C@H](n2cnc3ccccc3c2=O)C1. The van der Waals surface area contributed by atoms with Crippen molar-refractivity contribution in [2.75, 3.05) is 13.1 Å². The lowest BCUT2D eigenvalue weighted by Crippen LogP contribution is -2.43. The Morgan fingerprint density at radius 2 is 2.08 bits per heavy atom. The number of nitrogens with zero attached hydrogens (tertiary/aromatic N) is 4. The van der Waals surface area contributed by atoms with E-state index in [1.807, 2.05) is 18.2 Å². The molecule has 0 saturated carbocycles. The minimum Gasteiger partial charge on any atom is -0.337 e. The molecule has 0 radical (unpaired) electrons. The van der Waals surface area contributed by atoms with Gasteiger partial charge < -0.3 is 4.90 Å². The summed E-state index contributed by atoms with van der Waals surface area (Å²) in [6.45, 7) is 1.17. The maximum absolute atomic E-state index is 12.8.